The molecule has 3 heterocycles. The molecule has 1 amide bonds. The quantitative estimate of drug-likeness (QED) is 0.663. The van der Waals surface area contributed by atoms with Crippen LogP contribution in [0, 0.1) is 0 Å². The average Bonchev–Trinajstić information content (AvgIpc) is 3.20. The number of carbonyl (C=O) groups excluding carboxylic acids is 1. The molecule has 6 atom stereocenters. The molecule has 31 heavy (non-hydrogen) atoms. The van der Waals surface area contributed by atoms with Gasteiger partial charge >= 0.3 is 0 Å². The average molecular weight is 468 g/mol. The van der Waals surface area contributed by atoms with Gasteiger partial charge in [0.15, 0.2) is 17.9 Å². The molecule has 0 aromatic heterocycles. The van der Waals surface area contributed by atoms with Gasteiger partial charge in [0.05, 0.1) is 9.45 Å². The Kier molecular flexibility index (Phi) is 6.48. The lowest BCUT2D eigenvalue weighted by Crippen LogP contribution is -2.58. The molecule has 3 aliphatic heterocycles. The highest BCUT2D eigenvalue weighted by molar-refractivity contribution is 8.24. The third kappa shape index (κ3) is 5.13. The molecule has 9 heteroatoms. The van der Waals surface area contributed by atoms with Crippen molar-refractivity contribution in [2.75, 3.05) is 6.54 Å². The first-order chi connectivity index (χ1) is 14.5. The van der Waals surface area contributed by atoms with Crippen LogP contribution < -0.4 is 5.32 Å². The summed E-state index contributed by atoms with van der Waals surface area (Å²) < 4.78 is 30.9. The normalized spacial score (nSPS) is 33.9. The predicted molar refractivity (Wildman–Crippen MR) is 121 cm³/mol. The van der Waals surface area contributed by atoms with Crippen LogP contribution in [-0.4, -0.2) is 64.2 Å². The lowest BCUT2D eigenvalue weighted by atomic mass is 9.99. The largest absolute Gasteiger partial charge is 0.352 e. The summed E-state index contributed by atoms with van der Waals surface area (Å²) >= 11 is 6.84. The van der Waals surface area contributed by atoms with Gasteiger partial charge in [0, 0.05) is 6.54 Å². The zero-order valence-electron chi connectivity index (χ0n) is 18.3. The van der Waals surface area contributed by atoms with E-state index in [0.29, 0.717) is 4.20 Å². The highest BCUT2D eigenvalue weighted by Gasteiger charge is 2.60. The van der Waals surface area contributed by atoms with Gasteiger partial charge in [0.25, 0.3) is 0 Å². The number of fused-ring (bicyclic) bond motifs is 3. The first-order valence-corrected chi connectivity index (χ1v) is 11.7. The van der Waals surface area contributed by atoms with Gasteiger partial charge in [-0.3, -0.25) is 4.79 Å². The fraction of sp³-hybridized carbons (Fsp3) is 0.636. The Morgan fingerprint density at radius 3 is 2.35 bits per heavy atom. The first-order valence-electron chi connectivity index (χ1n) is 10.5. The number of rotatable bonds is 5. The van der Waals surface area contributed by atoms with Crippen molar-refractivity contribution in [3.05, 3.63) is 35.9 Å². The lowest BCUT2D eigenvalue weighted by molar-refractivity contribution is -0.232. The van der Waals surface area contributed by atoms with Crippen LogP contribution in [0.4, 0.5) is 0 Å². The molecule has 1 N–H and O–H groups in total. The molecule has 4 rings (SSSR count). The summed E-state index contributed by atoms with van der Waals surface area (Å²) in [5, 5.41) is 2.63. The van der Waals surface area contributed by atoms with Crippen LogP contribution >= 0.6 is 24.0 Å². The van der Waals surface area contributed by atoms with Crippen molar-refractivity contribution in [3.63, 3.8) is 0 Å². The van der Waals surface area contributed by atoms with Crippen molar-refractivity contribution in [3.8, 4) is 0 Å². The summed E-state index contributed by atoms with van der Waals surface area (Å²) in [7, 11) is 0. The molecule has 6 unspecified atom stereocenters. The Balaban J connectivity index is 1.37. The minimum atomic E-state index is -0.771. The molecule has 7 nitrogen and oxygen atoms in total. The molecule has 3 fully saturated rings. The van der Waals surface area contributed by atoms with Crippen LogP contribution in [-0.2, 0) is 28.5 Å². The van der Waals surface area contributed by atoms with E-state index in [0.717, 1.165) is 5.56 Å². The molecule has 0 spiro atoms. The summed E-state index contributed by atoms with van der Waals surface area (Å²) in [4.78, 5) is 12.7. The van der Waals surface area contributed by atoms with Crippen LogP contribution in [0.3, 0.4) is 0 Å². The van der Waals surface area contributed by atoms with E-state index in [1.54, 1.807) is 0 Å². The summed E-state index contributed by atoms with van der Waals surface area (Å²) in [6.07, 6.45) is -2.09. The SMILES string of the molecule is CC(SC(=S)c1ccccc1)C(=O)NCC1OC2OC(C)(C)OC2C2OC(C)(C)OC12. The molecule has 1 aromatic rings. The standard InChI is InChI=1S/C22H29NO6S2/c1-12(31-20(30)13-9-7-6-8-10-13)18(24)23-11-14-15-16(27-21(2,3)26-15)17-19(25-14)29-22(4,5)28-17/h6-10,12,14-17,19H,11H2,1-5H3,(H,23,24). The lowest BCUT2D eigenvalue weighted by Gasteiger charge is -2.37. The number of hydrogen-bond acceptors (Lipinski definition) is 8. The highest BCUT2D eigenvalue weighted by Crippen LogP contribution is 2.43. The van der Waals surface area contributed by atoms with Crippen LogP contribution in [0.2, 0.25) is 0 Å². The predicted octanol–water partition coefficient (Wildman–Crippen LogP) is 3.00. The van der Waals surface area contributed by atoms with E-state index in [9.17, 15) is 4.79 Å². The summed E-state index contributed by atoms with van der Waals surface area (Å²) in [5.74, 6) is -1.66. The highest BCUT2D eigenvalue weighted by atomic mass is 32.2. The topological polar surface area (TPSA) is 75.3 Å². The van der Waals surface area contributed by atoms with Crippen LogP contribution in [0.5, 0.6) is 0 Å². The fourth-order valence-electron chi connectivity index (χ4n) is 4.06. The minimum Gasteiger partial charge on any atom is -0.352 e. The summed E-state index contributed by atoms with van der Waals surface area (Å²) in [6, 6.07) is 9.68. The maximum atomic E-state index is 12.7. The molecule has 0 radical (unpaired) electrons. The number of carbonyl (C=O) groups is 1. The number of hydrogen-bond donors (Lipinski definition) is 1. The van der Waals surface area contributed by atoms with E-state index in [1.165, 1.54) is 11.8 Å². The fourth-order valence-corrected chi connectivity index (χ4v) is 5.41. The maximum absolute atomic E-state index is 12.7. The van der Waals surface area contributed by atoms with Crippen molar-refractivity contribution in [1.29, 1.82) is 0 Å². The Morgan fingerprint density at radius 1 is 1.03 bits per heavy atom. The molecular weight excluding hydrogens is 438 g/mol. The molecule has 1 aromatic carbocycles. The van der Waals surface area contributed by atoms with Crippen LogP contribution in [0.25, 0.3) is 0 Å². The molecule has 3 saturated heterocycles. The Bertz CT molecular complexity index is 833. The second-order valence-electron chi connectivity index (χ2n) is 8.87. The summed E-state index contributed by atoms with van der Waals surface area (Å²) in [5.41, 5.74) is 0.936. The van der Waals surface area contributed by atoms with Crippen molar-refractivity contribution >= 4 is 34.1 Å². The van der Waals surface area contributed by atoms with E-state index in [1.807, 2.05) is 65.0 Å². The van der Waals surface area contributed by atoms with E-state index in [2.05, 4.69) is 5.32 Å². The Morgan fingerprint density at radius 2 is 1.65 bits per heavy atom. The van der Waals surface area contributed by atoms with E-state index in [-0.39, 0.29) is 36.0 Å². The monoisotopic (exact) mass is 467 g/mol. The molecule has 0 saturated carbocycles. The molecular formula is C22H29NO6S2. The van der Waals surface area contributed by atoms with E-state index >= 15 is 0 Å². The van der Waals surface area contributed by atoms with Crippen molar-refractivity contribution in [2.24, 2.45) is 0 Å². The summed E-state index contributed by atoms with van der Waals surface area (Å²) in [6.45, 7) is 9.52. The number of benzene rings is 1. The molecule has 170 valence electrons. The zero-order chi connectivity index (χ0) is 22.4. The third-order valence-electron chi connectivity index (χ3n) is 5.39. The number of thioether (sulfide) groups is 1. The van der Waals surface area contributed by atoms with Gasteiger partial charge < -0.3 is 29.0 Å². The van der Waals surface area contributed by atoms with Gasteiger partial charge in [-0.2, -0.15) is 0 Å². The second-order valence-corrected chi connectivity index (χ2v) is 10.9. The minimum absolute atomic E-state index is 0.118. The molecule has 0 bridgehead atoms. The number of thiocarbonyl (C=S) groups is 1. The second kappa shape index (κ2) is 8.70. The first kappa shape index (κ1) is 23.1. The van der Waals surface area contributed by atoms with Crippen LogP contribution in [0.15, 0.2) is 30.3 Å². The van der Waals surface area contributed by atoms with Crippen LogP contribution in [0.1, 0.15) is 40.2 Å². The zero-order valence-corrected chi connectivity index (χ0v) is 20.0. The van der Waals surface area contributed by atoms with Crippen molar-refractivity contribution < 1.29 is 28.5 Å². The van der Waals surface area contributed by atoms with Gasteiger partial charge in [-0.15, -0.1) is 11.8 Å². The van der Waals surface area contributed by atoms with Gasteiger partial charge in [0.1, 0.15) is 24.4 Å². The van der Waals surface area contributed by atoms with Crippen molar-refractivity contribution in [2.45, 2.75) is 82.1 Å². The molecule has 0 aliphatic carbocycles. The Hall–Kier alpha value is -1.07. The number of ether oxygens (including phenoxy) is 5. The van der Waals surface area contributed by atoms with Gasteiger partial charge in [-0.05, 0) is 40.2 Å². The third-order valence-corrected chi connectivity index (χ3v) is 6.93. The van der Waals surface area contributed by atoms with Crippen molar-refractivity contribution in [1.82, 2.24) is 5.32 Å². The smallest absolute Gasteiger partial charge is 0.233 e. The van der Waals surface area contributed by atoms with E-state index in [4.69, 9.17) is 35.9 Å². The molecule has 3 aliphatic rings. The maximum Gasteiger partial charge on any atom is 0.233 e. The number of amides is 1. The van der Waals surface area contributed by atoms with Gasteiger partial charge in [-0.1, -0.05) is 42.5 Å². The number of nitrogens with one attached hydrogen (secondary N) is 1. The van der Waals surface area contributed by atoms with E-state index < -0.39 is 24.0 Å². The van der Waals surface area contributed by atoms with Gasteiger partial charge in [-0.25, -0.2) is 0 Å². The van der Waals surface area contributed by atoms with Gasteiger partial charge in [0.2, 0.25) is 5.91 Å². The Labute approximate surface area is 192 Å².